The highest BCUT2D eigenvalue weighted by molar-refractivity contribution is 6.30. The van der Waals surface area contributed by atoms with E-state index in [4.69, 9.17) is 21.6 Å². The Hall–Kier alpha value is -2.67. The number of benzene rings is 1. The average molecular weight is 413 g/mol. The minimum atomic E-state index is -0.493. The third-order valence-electron chi connectivity index (χ3n) is 5.16. The lowest BCUT2D eigenvalue weighted by Gasteiger charge is -2.36. The molecule has 0 unspecified atom stereocenters. The highest BCUT2D eigenvalue weighted by atomic mass is 35.5. The molecule has 0 spiro atoms. The van der Waals surface area contributed by atoms with E-state index in [1.54, 1.807) is 6.92 Å². The summed E-state index contributed by atoms with van der Waals surface area (Å²) < 4.78 is 1.87. The van der Waals surface area contributed by atoms with Gasteiger partial charge in [0.2, 0.25) is 5.91 Å². The molecule has 0 bridgehead atoms. The van der Waals surface area contributed by atoms with Crippen LogP contribution < -0.4 is 4.90 Å². The van der Waals surface area contributed by atoms with Crippen molar-refractivity contribution in [3.8, 4) is 5.69 Å². The second-order valence-electron chi connectivity index (χ2n) is 7.27. The minimum absolute atomic E-state index is 0.0114. The number of rotatable bonds is 5. The number of anilines is 1. The highest BCUT2D eigenvalue weighted by Gasteiger charge is 2.26. The molecule has 0 N–H and O–H groups in total. The van der Waals surface area contributed by atoms with Crippen LogP contribution in [0.25, 0.3) is 16.7 Å². The van der Waals surface area contributed by atoms with Crippen LogP contribution in [-0.4, -0.2) is 62.1 Å². The van der Waals surface area contributed by atoms with E-state index < -0.39 is 5.38 Å². The van der Waals surface area contributed by atoms with E-state index in [2.05, 4.69) is 16.9 Å². The van der Waals surface area contributed by atoms with Crippen molar-refractivity contribution in [3.63, 3.8) is 0 Å². The van der Waals surface area contributed by atoms with E-state index in [-0.39, 0.29) is 5.91 Å². The normalized spacial score (nSPS) is 15.7. The molecule has 1 saturated heterocycles. The van der Waals surface area contributed by atoms with Crippen molar-refractivity contribution in [3.05, 3.63) is 42.4 Å². The summed E-state index contributed by atoms with van der Waals surface area (Å²) in [5, 5.41) is 5.03. The molecule has 1 fully saturated rings. The quantitative estimate of drug-likeness (QED) is 0.602. The monoisotopic (exact) mass is 412 g/mol. The summed E-state index contributed by atoms with van der Waals surface area (Å²) in [5.74, 6) is 1.70. The van der Waals surface area contributed by atoms with Gasteiger partial charge in [0.05, 0.1) is 17.3 Å². The lowest BCUT2D eigenvalue weighted by atomic mass is 10.2. The summed E-state index contributed by atoms with van der Waals surface area (Å²) in [7, 11) is 0. The summed E-state index contributed by atoms with van der Waals surface area (Å²) in [4.78, 5) is 25.9. The van der Waals surface area contributed by atoms with Gasteiger partial charge in [-0.2, -0.15) is 5.10 Å². The van der Waals surface area contributed by atoms with Crippen LogP contribution in [-0.2, 0) is 11.2 Å². The molecule has 1 aromatic carbocycles. The molecule has 1 aliphatic heterocycles. The van der Waals surface area contributed by atoms with Crippen molar-refractivity contribution >= 4 is 34.4 Å². The predicted molar refractivity (Wildman–Crippen MR) is 115 cm³/mol. The van der Waals surface area contributed by atoms with Gasteiger partial charge in [-0.25, -0.2) is 14.6 Å². The first kappa shape index (κ1) is 19.6. The van der Waals surface area contributed by atoms with Crippen LogP contribution in [0.3, 0.4) is 0 Å². The molecule has 0 aliphatic carbocycles. The van der Waals surface area contributed by atoms with Crippen LogP contribution in [0, 0.1) is 0 Å². The van der Waals surface area contributed by atoms with Gasteiger partial charge < -0.3 is 9.80 Å². The van der Waals surface area contributed by atoms with Crippen molar-refractivity contribution in [1.29, 1.82) is 0 Å². The molecule has 2 aromatic heterocycles. The topological polar surface area (TPSA) is 67.2 Å². The Kier molecular flexibility index (Phi) is 5.67. The summed E-state index contributed by atoms with van der Waals surface area (Å²) in [5.41, 5.74) is 1.79. The van der Waals surface area contributed by atoms with Crippen molar-refractivity contribution in [2.75, 3.05) is 31.1 Å². The molecule has 3 aromatic rings. The van der Waals surface area contributed by atoms with Gasteiger partial charge in [0.1, 0.15) is 17.0 Å². The van der Waals surface area contributed by atoms with Crippen LogP contribution in [0.15, 0.2) is 36.5 Å². The largest absolute Gasteiger partial charge is 0.352 e. The molecule has 1 atom stereocenters. The maximum absolute atomic E-state index is 12.2. The van der Waals surface area contributed by atoms with Crippen molar-refractivity contribution in [2.45, 2.75) is 32.1 Å². The molecule has 1 amide bonds. The molecule has 7 nitrogen and oxygen atoms in total. The summed E-state index contributed by atoms with van der Waals surface area (Å²) in [6, 6.07) is 10.0. The lowest BCUT2D eigenvalue weighted by molar-refractivity contribution is -0.130. The third-order valence-corrected chi connectivity index (χ3v) is 5.35. The van der Waals surface area contributed by atoms with Gasteiger partial charge in [0, 0.05) is 32.6 Å². The lowest BCUT2D eigenvalue weighted by Crippen LogP contribution is -2.50. The Morgan fingerprint density at radius 1 is 1.14 bits per heavy atom. The second-order valence-corrected chi connectivity index (χ2v) is 7.93. The number of halogens is 1. The Morgan fingerprint density at radius 3 is 2.52 bits per heavy atom. The number of amides is 1. The SMILES string of the molecule is CCCc1nc(N2CCN(C(=O)[C@H](C)Cl)CC2)c2cnn(-c3ccccc3)c2n1. The van der Waals surface area contributed by atoms with E-state index in [9.17, 15) is 4.79 Å². The number of para-hydroxylation sites is 1. The molecule has 8 heteroatoms. The number of hydrogen-bond acceptors (Lipinski definition) is 5. The van der Waals surface area contributed by atoms with Crippen LogP contribution >= 0.6 is 11.6 Å². The van der Waals surface area contributed by atoms with E-state index in [0.717, 1.165) is 41.2 Å². The fourth-order valence-corrected chi connectivity index (χ4v) is 3.80. The van der Waals surface area contributed by atoms with Gasteiger partial charge in [-0.3, -0.25) is 4.79 Å². The number of alkyl halides is 1. The molecule has 0 saturated carbocycles. The maximum Gasteiger partial charge on any atom is 0.240 e. The second kappa shape index (κ2) is 8.37. The van der Waals surface area contributed by atoms with E-state index >= 15 is 0 Å². The zero-order valence-corrected chi connectivity index (χ0v) is 17.5. The van der Waals surface area contributed by atoms with Crippen LogP contribution in [0.1, 0.15) is 26.1 Å². The number of nitrogens with zero attached hydrogens (tertiary/aromatic N) is 6. The molecule has 3 heterocycles. The van der Waals surface area contributed by atoms with E-state index in [0.29, 0.717) is 26.2 Å². The number of carbonyl (C=O) groups is 1. The van der Waals surface area contributed by atoms with Gasteiger partial charge in [-0.05, 0) is 25.5 Å². The minimum Gasteiger partial charge on any atom is -0.352 e. The first-order chi connectivity index (χ1) is 14.1. The summed E-state index contributed by atoms with van der Waals surface area (Å²) in [6.07, 6.45) is 3.62. The molecule has 152 valence electrons. The average Bonchev–Trinajstić information content (AvgIpc) is 3.17. The molecular weight excluding hydrogens is 388 g/mol. The number of aryl methyl sites for hydroxylation is 1. The number of carbonyl (C=O) groups excluding carboxylic acids is 1. The van der Waals surface area contributed by atoms with E-state index in [1.807, 2.05) is 46.1 Å². The first-order valence-electron chi connectivity index (χ1n) is 10.1. The van der Waals surface area contributed by atoms with Crippen LogP contribution in [0.4, 0.5) is 5.82 Å². The van der Waals surface area contributed by atoms with Gasteiger partial charge in [0.15, 0.2) is 5.65 Å². The van der Waals surface area contributed by atoms with Gasteiger partial charge in [0.25, 0.3) is 0 Å². The van der Waals surface area contributed by atoms with Crippen molar-refractivity contribution in [2.24, 2.45) is 0 Å². The van der Waals surface area contributed by atoms with Gasteiger partial charge in [-0.15, -0.1) is 11.6 Å². The van der Waals surface area contributed by atoms with Crippen LogP contribution in [0.2, 0.25) is 0 Å². The Morgan fingerprint density at radius 2 is 1.86 bits per heavy atom. The number of aromatic nitrogens is 4. The molecule has 0 radical (unpaired) electrons. The first-order valence-corrected chi connectivity index (χ1v) is 10.5. The number of hydrogen-bond donors (Lipinski definition) is 0. The Balaban J connectivity index is 1.69. The van der Waals surface area contributed by atoms with Gasteiger partial charge >= 0.3 is 0 Å². The predicted octanol–water partition coefficient (Wildman–Crippen LogP) is 3.04. The fourth-order valence-electron chi connectivity index (χ4n) is 3.66. The Labute approximate surface area is 175 Å². The smallest absolute Gasteiger partial charge is 0.240 e. The molecular formula is C21H25ClN6O. The maximum atomic E-state index is 12.2. The number of piperazine rings is 1. The van der Waals surface area contributed by atoms with Gasteiger partial charge in [-0.1, -0.05) is 25.1 Å². The highest BCUT2D eigenvalue weighted by Crippen LogP contribution is 2.27. The van der Waals surface area contributed by atoms with E-state index in [1.165, 1.54) is 0 Å². The van der Waals surface area contributed by atoms with Crippen LogP contribution in [0.5, 0.6) is 0 Å². The zero-order valence-electron chi connectivity index (χ0n) is 16.8. The molecule has 29 heavy (non-hydrogen) atoms. The molecule has 4 rings (SSSR count). The summed E-state index contributed by atoms with van der Waals surface area (Å²) >= 11 is 5.97. The third kappa shape index (κ3) is 3.92. The summed E-state index contributed by atoms with van der Waals surface area (Å²) in [6.45, 7) is 6.54. The number of fused-ring (bicyclic) bond motifs is 1. The fraction of sp³-hybridized carbons (Fsp3) is 0.429. The standard InChI is InChI=1S/C21H25ClN6O/c1-3-7-18-24-19(26-10-12-27(13-11-26)21(29)15(2)22)17-14-23-28(20(17)25-18)16-8-5-4-6-9-16/h4-6,8-9,14-15H,3,7,10-13H2,1-2H3/t15-/m0/s1. The zero-order chi connectivity index (χ0) is 20.4. The Bertz CT molecular complexity index is 995. The van der Waals surface area contributed by atoms with Crippen molar-refractivity contribution < 1.29 is 4.79 Å². The van der Waals surface area contributed by atoms with Crippen molar-refractivity contribution in [1.82, 2.24) is 24.6 Å². The molecule has 1 aliphatic rings.